The second kappa shape index (κ2) is 19.2. The van der Waals surface area contributed by atoms with Crippen LogP contribution >= 0.6 is 0 Å². The maximum atomic E-state index is 10.3. The largest absolute Gasteiger partial charge is 0.481 e. The Morgan fingerprint density at radius 1 is 0.667 bits per heavy atom. The average molecular weight is 331 g/mol. The third-order valence-corrected chi connectivity index (χ3v) is 3.42. The van der Waals surface area contributed by atoms with Crippen molar-refractivity contribution in [1.29, 1.82) is 0 Å². The summed E-state index contributed by atoms with van der Waals surface area (Å²) in [6.45, 7) is 2.15. The Morgan fingerprint density at radius 3 is 1.58 bits per heavy atom. The van der Waals surface area contributed by atoms with Crippen LogP contribution in [0.4, 0.5) is 0 Å². The van der Waals surface area contributed by atoms with Crippen LogP contribution in [0.3, 0.4) is 0 Å². The molecule has 0 saturated carbocycles. The van der Waals surface area contributed by atoms with Crippen LogP contribution in [0.2, 0.25) is 0 Å². The fourth-order valence-electron chi connectivity index (χ4n) is 2.08. The fraction of sp³-hybridized carbons (Fsp3) is 0.500. The maximum Gasteiger partial charge on any atom is 0.303 e. The fourth-order valence-corrected chi connectivity index (χ4v) is 2.08. The van der Waals surface area contributed by atoms with Gasteiger partial charge in [-0.2, -0.15) is 0 Å². The van der Waals surface area contributed by atoms with Crippen molar-refractivity contribution >= 4 is 5.97 Å². The highest BCUT2D eigenvalue weighted by Crippen LogP contribution is 2.04. The molecule has 0 aromatic carbocycles. The zero-order valence-corrected chi connectivity index (χ0v) is 15.2. The standard InChI is InChI=1S/C22H34O2/c1-2-3-4-5-6-7-8-9-10-11-12-13-14-15-16-17-18-19-20-21-22(23)24/h3-4,6-7,9-10,12-13,15-16H,2,5,8,11,14,17-21H2,1H3,(H,23,24)/b4-3-,7-6-,10-9+,13-12+,16-15-. The van der Waals surface area contributed by atoms with Crippen molar-refractivity contribution in [1.82, 2.24) is 0 Å². The molecule has 2 heteroatoms. The summed E-state index contributed by atoms with van der Waals surface area (Å²) in [7, 11) is 0. The summed E-state index contributed by atoms with van der Waals surface area (Å²) in [5.41, 5.74) is 0. The molecule has 0 aliphatic carbocycles. The molecule has 0 aliphatic rings. The Morgan fingerprint density at radius 2 is 1.12 bits per heavy atom. The molecule has 0 fully saturated rings. The van der Waals surface area contributed by atoms with E-state index in [1.54, 1.807) is 0 Å². The highest BCUT2D eigenvalue weighted by molar-refractivity contribution is 5.66. The van der Waals surface area contributed by atoms with Gasteiger partial charge >= 0.3 is 5.97 Å². The second-order valence-corrected chi connectivity index (χ2v) is 5.70. The third kappa shape index (κ3) is 20.2. The minimum absolute atomic E-state index is 0.297. The number of carboxylic acid groups (broad SMARTS) is 1. The van der Waals surface area contributed by atoms with Crippen LogP contribution in [0.5, 0.6) is 0 Å². The van der Waals surface area contributed by atoms with Gasteiger partial charge in [0.25, 0.3) is 0 Å². The third-order valence-electron chi connectivity index (χ3n) is 3.42. The molecule has 0 rings (SSSR count). The second-order valence-electron chi connectivity index (χ2n) is 5.70. The van der Waals surface area contributed by atoms with Crippen LogP contribution < -0.4 is 0 Å². The SMILES string of the molecule is CC/C=C\C/C=C\C/C=C/C/C=C/C/C=C\CCCCCC(=O)O. The van der Waals surface area contributed by atoms with Gasteiger partial charge in [-0.3, -0.25) is 4.79 Å². The Bertz CT molecular complexity index is 425. The van der Waals surface area contributed by atoms with Gasteiger partial charge in [-0.05, 0) is 51.4 Å². The molecule has 24 heavy (non-hydrogen) atoms. The van der Waals surface area contributed by atoms with Crippen LogP contribution in [-0.4, -0.2) is 11.1 Å². The van der Waals surface area contributed by atoms with E-state index >= 15 is 0 Å². The molecule has 0 spiro atoms. The van der Waals surface area contributed by atoms with E-state index in [1.807, 2.05) is 0 Å². The first-order chi connectivity index (χ1) is 11.8. The molecule has 0 amide bonds. The number of unbranched alkanes of at least 4 members (excludes halogenated alkanes) is 3. The summed E-state index contributed by atoms with van der Waals surface area (Å²) in [5, 5.41) is 8.52. The van der Waals surface area contributed by atoms with Crippen LogP contribution in [0.25, 0.3) is 0 Å². The van der Waals surface area contributed by atoms with E-state index in [9.17, 15) is 4.79 Å². The quantitative estimate of drug-likeness (QED) is 0.265. The Hall–Kier alpha value is -1.83. The van der Waals surface area contributed by atoms with Crippen molar-refractivity contribution in [2.24, 2.45) is 0 Å². The number of allylic oxidation sites excluding steroid dienone is 10. The number of hydrogen-bond acceptors (Lipinski definition) is 1. The number of carbonyl (C=O) groups is 1. The molecule has 0 aromatic heterocycles. The Balaban J connectivity index is 3.42. The molecule has 0 bridgehead atoms. The lowest BCUT2D eigenvalue weighted by molar-refractivity contribution is -0.137. The zero-order chi connectivity index (χ0) is 17.7. The summed E-state index contributed by atoms with van der Waals surface area (Å²) >= 11 is 0. The molecular formula is C22H34O2. The average Bonchev–Trinajstić information content (AvgIpc) is 2.56. The summed E-state index contributed by atoms with van der Waals surface area (Å²) in [6.07, 6.45) is 31.3. The van der Waals surface area contributed by atoms with Crippen LogP contribution in [0, 0.1) is 0 Å². The normalized spacial score (nSPS) is 12.7. The highest BCUT2D eigenvalue weighted by Gasteiger charge is 1.94. The molecule has 2 nitrogen and oxygen atoms in total. The van der Waals surface area contributed by atoms with E-state index in [1.165, 1.54) is 0 Å². The lowest BCUT2D eigenvalue weighted by atomic mass is 10.1. The first-order valence-electron chi connectivity index (χ1n) is 9.24. The van der Waals surface area contributed by atoms with E-state index in [2.05, 4.69) is 67.7 Å². The van der Waals surface area contributed by atoms with E-state index in [0.29, 0.717) is 6.42 Å². The molecule has 0 aromatic rings. The molecule has 134 valence electrons. The lowest BCUT2D eigenvalue weighted by Gasteiger charge is -1.94. The Kier molecular flexibility index (Phi) is 17.8. The van der Waals surface area contributed by atoms with Crippen molar-refractivity contribution in [2.45, 2.75) is 71.1 Å². The summed E-state index contributed by atoms with van der Waals surface area (Å²) < 4.78 is 0. The van der Waals surface area contributed by atoms with Gasteiger partial charge in [-0.25, -0.2) is 0 Å². The van der Waals surface area contributed by atoms with Crippen LogP contribution in [-0.2, 0) is 4.79 Å². The van der Waals surface area contributed by atoms with Gasteiger partial charge < -0.3 is 5.11 Å². The lowest BCUT2D eigenvalue weighted by Crippen LogP contribution is -1.93. The first-order valence-corrected chi connectivity index (χ1v) is 9.24. The van der Waals surface area contributed by atoms with Gasteiger partial charge in [0.05, 0.1) is 0 Å². The van der Waals surface area contributed by atoms with Crippen LogP contribution in [0.15, 0.2) is 60.8 Å². The van der Waals surface area contributed by atoms with Gasteiger partial charge in [0.1, 0.15) is 0 Å². The topological polar surface area (TPSA) is 37.3 Å². The van der Waals surface area contributed by atoms with Crippen molar-refractivity contribution in [2.75, 3.05) is 0 Å². The molecule has 0 aliphatic heterocycles. The van der Waals surface area contributed by atoms with Crippen molar-refractivity contribution in [3.63, 3.8) is 0 Å². The summed E-state index contributed by atoms with van der Waals surface area (Å²) in [5.74, 6) is -0.690. The molecule has 0 unspecified atom stereocenters. The van der Waals surface area contributed by atoms with Crippen molar-refractivity contribution in [3.8, 4) is 0 Å². The smallest absolute Gasteiger partial charge is 0.303 e. The minimum Gasteiger partial charge on any atom is -0.481 e. The summed E-state index contributed by atoms with van der Waals surface area (Å²) in [4.78, 5) is 10.3. The first kappa shape index (κ1) is 22.2. The van der Waals surface area contributed by atoms with Gasteiger partial charge in [-0.1, -0.05) is 74.1 Å². The Labute approximate surface area is 148 Å². The van der Waals surface area contributed by atoms with E-state index in [-0.39, 0.29) is 0 Å². The number of rotatable bonds is 15. The van der Waals surface area contributed by atoms with E-state index in [0.717, 1.165) is 57.8 Å². The van der Waals surface area contributed by atoms with Gasteiger partial charge in [0, 0.05) is 6.42 Å². The highest BCUT2D eigenvalue weighted by atomic mass is 16.4. The van der Waals surface area contributed by atoms with Gasteiger partial charge in [-0.15, -0.1) is 0 Å². The minimum atomic E-state index is -0.690. The van der Waals surface area contributed by atoms with Gasteiger partial charge in [0.2, 0.25) is 0 Å². The van der Waals surface area contributed by atoms with Crippen molar-refractivity contribution < 1.29 is 9.90 Å². The maximum absolute atomic E-state index is 10.3. The summed E-state index contributed by atoms with van der Waals surface area (Å²) in [6, 6.07) is 0. The zero-order valence-electron chi connectivity index (χ0n) is 15.2. The molecule has 0 radical (unpaired) electrons. The molecule has 0 atom stereocenters. The predicted molar refractivity (Wildman–Crippen MR) is 105 cm³/mol. The molecule has 0 saturated heterocycles. The molecule has 0 heterocycles. The van der Waals surface area contributed by atoms with Crippen molar-refractivity contribution in [3.05, 3.63) is 60.8 Å². The van der Waals surface area contributed by atoms with Crippen LogP contribution in [0.1, 0.15) is 71.1 Å². The van der Waals surface area contributed by atoms with E-state index in [4.69, 9.17) is 5.11 Å². The van der Waals surface area contributed by atoms with E-state index < -0.39 is 5.97 Å². The number of aliphatic carboxylic acids is 1. The number of carboxylic acids is 1. The van der Waals surface area contributed by atoms with Gasteiger partial charge in [0.15, 0.2) is 0 Å². The molecular weight excluding hydrogens is 296 g/mol. The number of hydrogen-bond donors (Lipinski definition) is 1. The monoisotopic (exact) mass is 330 g/mol. The predicted octanol–water partition coefficient (Wildman–Crippen LogP) is 6.77. The molecule has 1 N–H and O–H groups in total.